The molecule has 2 aromatic carbocycles. The Morgan fingerprint density at radius 3 is 2.65 bits per heavy atom. The van der Waals surface area contributed by atoms with Gasteiger partial charge in [0.1, 0.15) is 5.82 Å². The molecule has 0 aliphatic carbocycles. The van der Waals surface area contributed by atoms with Gasteiger partial charge in [-0.15, -0.1) is 0 Å². The van der Waals surface area contributed by atoms with Gasteiger partial charge in [-0.05, 0) is 58.2 Å². The van der Waals surface area contributed by atoms with Crippen molar-refractivity contribution in [2.45, 2.75) is 6.92 Å². The third kappa shape index (κ3) is 3.98. The third-order valence-corrected chi connectivity index (χ3v) is 4.41. The molecule has 0 spiro atoms. The van der Waals surface area contributed by atoms with Gasteiger partial charge in [0.15, 0.2) is 0 Å². The van der Waals surface area contributed by atoms with Crippen LogP contribution in [0.2, 0.25) is 0 Å². The first-order valence-corrected chi connectivity index (χ1v) is 8.35. The van der Waals surface area contributed by atoms with Crippen molar-refractivity contribution in [1.82, 2.24) is 0 Å². The highest BCUT2D eigenvalue weighted by molar-refractivity contribution is 9.10. The summed E-state index contributed by atoms with van der Waals surface area (Å²) < 4.78 is 20.6. The maximum absolute atomic E-state index is 14.3. The summed E-state index contributed by atoms with van der Waals surface area (Å²) in [5.41, 5.74) is 3.36. The van der Waals surface area contributed by atoms with E-state index in [1.165, 1.54) is 6.07 Å². The van der Waals surface area contributed by atoms with Gasteiger partial charge in [0.05, 0.1) is 24.6 Å². The first-order chi connectivity index (χ1) is 11.1. The molecule has 1 aliphatic heterocycles. The lowest BCUT2D eigenvalue weighted by Gasteiger charge is -2.29. The molecule has 0 atom stereocenters. The van der Waals surface area contributed by atoms with Gasteiger partial charge in [0, 0.05) is 23.8 Å². The van der Waals surface area contributed by atoms with Crippen LogP contribution >= 0.6 is 15.9 Å². The van der Waals surface area contributed by atoms with Crippen molar-refractivity contribution in [2.24, 2.45) is 4.99 Å². The van der Waals surface area contributed by atoms with Crippen molar-refractivity contribution in [3.05, 3.63) is 57.8 Å². The molecule has 1 saturated heterocycles. The quantitative estimate of drug-likeness (QED) is 0.737. The van der Waals surface area contributed by atoms with Gasteiger partial charge in [-0.25, -0.2) is 4.39 Å². The minimum atomic E-state index is -0.223. The minimum absolute atomic E-state index is 0.223. The predicted octanol–water partition coefficient (Wildman–Crippen LogP) is 4.48. The first-order valence-electron chi connectivity index (χ1n) is 7.56. The van der Waals surface area contributed by atoms with E-state index < -0.39 is 0 Å². The lowest BCUT2D eigenvalue weighted by atomic mass is 10.2. The van der Waals surface area contributed by atoms with Crippen LogP contribution in [0.1, 0.15) is 11.1 Å². The van der Waals surface area contributed by atoms with Crippen molar-refractivity contribution in [2.75, 3.05) is 31.2 Å². The summed E-state index contributed by atoms with van der Waals surface area (Å²) in [6, 6.07) is 11.2. The van der Waals surface area contributed by atoms with E-state index in [1.807, 2.05) is 42.2 Å². The Kier molecular flexibility index (Phi) is 5.08. The zero-order valence-corrected chi connectivity index (χ0v) is 14.5. The van der Waals surface area contributed by atoms with Crippen LogP contribution < -0.4 is 4.90 Å². The van der Waals surface area contributed by atoms with Crippen LogP contribution in [0.5, 0.6) is 0 Å². The van der Waals surface area contributed by atoms with E-state index in [1.54, 1.807) is 6.21 Å². The van der Waals surface area contributed by atoms with Crippen LogP contribution in [0.25, 0.3) is 0 Å². The molecule has 0 unspecified atom stereocenters. The minimum Gasteiger partial charge on any atom is -0.378 e. The molecule has 0 saturated carbocycles. The summed E-state index contributed by atoms with van der Waals surface area (Å²) in [6.45, 7) is 4.76. The number of aliphatic imine (C=N–C) groups is 1. The maximum Gasteiger partial charge on any atom is 0.147 e. The van der Waals surface area contributed by atoms with Gasteiger partial charge >= 0.3 is 0 Å². The molecule has 3 nitrogen and oxygen atoms in total. The van der Waals surface area contributed by atoms with E-state index in [0.717, 1.165) is 34.4 Å². The lowest BCUT2D eigenvalue weighted by Crippen LogP contribution is -2.36. The summed E-state index contributed by atoms with van der Waals surface area (Å²) in [4.78, 5) is 6.44. The number of hydrogen-bond acceptors (Lipinski definition) is 3. The summed E-state index contributed by atoms with van der Waals surface area (Å²) in [5.74, 6) is -0.223. The fraction of sp³-hybridized carbons (Fsp3) is 0.278. The van der Waals surface area contributed by atoms with E-state index in [9.17, 15) is 4.39 Å². The number of halogens is 2. The summed E-state index contributed by atoms with van der Waals surface area (Å²) in [7, 11) is 0. The van der Waals surface area contributed by atoms with E-state index >= 15 is 0 Å². The molecule has 120 valence electrons. The number of nitrogens with zero attached hydrogens (tertiary/aromatic N) is 2. The largest absolute Gasteiger partial charge is 0.378 e. The summed E-state index contributed by atoms with van der Waals surface area (Å²) in [5, 5.41) is 0. The molecular weight excluding hydrogens is 359 g/mol. The molecule has 23 heavy (non-hydrogen) atoms. The fourth-order valence-corrected chi connectivity index (χ4v) is 3.12. The van der Waals surface area contributed by atoms with Gasteiger partial charge in [-0.2, -0.15) is 0 Å². The van der Waals surface area contributed by atoms with Crippen LogP contribution in [-0.4, -0.2) is 32.5 Å². The fourth-order valence-electron chi connectivity index (χ4n) is 2.52. The van der Waals surface area contributed by atoms with Gasteiger partial charge in [-0.3, -0.25) is 4.99 Å². The van der Waals surface area contributed by atoms with Gasteiger partial charge in [-0.1, -0.05) is 12.1 Å². The Balaban J connectivity index is 1.78. The molecule has 0 amide bonds. The molecule has 0 bridgehead atoms. The third-order valence-electron chi connectivity index (χ3n) is 3.78. The second-order valence-corrected chi connectivity index (χ2v) is 6.38. The standard InChI is InChI=1S/C18H18BrFN2O/c1-13-2-4-17(15(19)10-13)21-12-14-3-5-18(16(20)11-14)22-6-8-23-9-7-22/h2-5,10-12H,6-9H2,1H3. The molecule has 0 radical (unpaired) electrons. The normalized spacial score (nSPS) is 15.3. The number of rotatable bonds is 3. The van der Waals surface area contributed by atoms with Crippen molar-refractivity contribution in [3.8, 4) is 0 Å². The van der Waals surface area contributed by atoms with Gasteiger partial charge in [0.2, 0.25) is 0 Å². The van der Waals surface area contributed by atoms with Gasteiger partial charge < -0.3 is 9.64 Å². The highest BCUT2D eigenvalue weighted by Gasteiger charge is 2.14. The van der Waals surface area contributed by atoms with Crippen LogP contribution in [0.15, 0.2) is 45.9 Å². The Morgan fingerprint density at radius 2 is 1.96 bits per heavy atom. The first kappa shape index (κ1) is 16.1. The van der Waals surface area contributed by atoms with Crippen molar-refractivity contribution < 1.29 is 9.13 Å². The second kappa shape index (κ2) is 7.23. The highest BCUT2D eigenvalue weighted by Crippen LogP contribution is 2.26. The molecular formula is C18H18BrFN2O. The Hall–Kier alpha value is -1.72. The molecule has 1 aliphatic rings. The number of ether oxygens (including phenoxy) is 1. The maximum atomic E-state index is 14.3. The van der Waals surface area contributed by atoms with E-state index in [-0.39, 0.29) is 5.82 Å². The summed E-state index contributed by atoms with van der Waals surface area (Å²) >= 11 is 3.49. The van der Waals surface area contributed by atoms with Crippen LogP contribution in [-0.2, 0) is 4.74 Å². The van der Waals surface area contributed by atoms with E-state index in [4.69, 9.17) is 4.74 Å². The van der Waals surface area contributed by atoms with Crippen LogP contribution in [0, 0.1) is 12.7 Å². The average Bonchev–Trinajstić information content (AvgIpc) is 2.55. The SMILES string of the molecule is Cc1ccc(N=Cc2ccc(N3CCOCC3)c(F)c2)c(Br)c1. The highest BCUT2D eigenvalue weighted by atomic mass is 79.9. The number of morpholine rings is 1. The van der Waals surface area contributed by atoms with Gasteiger partial charge in [0.25, 0.3) is 0 Å². The smallest absolute Gasteiger partial charge is 0.147 e. The molecule has 2 aromatic rings. The Morgan fingerprint density at radius 1 is 1.17 bits per heavy atom. The molecule has 0 aromatic heterocycles. The zero-order valence-electron chi connectivity index (χ0n) is 12.9. The van der Waals surface area contributed by atoms with Crippen LogP contribution in [0.4, 0.5) is 15.8 Å². The lowest BCUT2D eigenvalue weighted by molar-refractivity contribution is 0.122. The van der Waals surface area contributed by atoms with Crippen LogP contribution in [0.3, 0.4) is 0 Å². The monoisotopic (exact) mass is 376 g/mol. The Labute approximate surface area is 143 Å². The van der Waals surface area contributed by atoms with Crippen molar-refractivity contribution in [3.63, 3.8) is 0 Å². The molecule has 1 fully saturated rings. The predicted molar refractivity (Wildman–Crippen MR) is 95.6 cm³/mol. The molecule has 1 heterocycles. The van der Waals surface area contributed by atoms with E-state index in [2.05, 4.69) is 20.9 Å². The molecule has 5 heteroatoms. The summed E-state index contributed by atoms with van der Waals surface area (Å²) in [6.07, 6.45) is 1.68. The topological polar surface area (TPSA) is 24.8 Å². The number of benzene rings is 2. The molecule has 3 rings (SSSR count). The Bertz CT molecular complexity index is 727. The van der Waals surface area contributed by atoms with Crippen molar-refractivity contribution in [1.29, 1.82) is 0 Å². The number of hydrogen-bond donors (Lipinski definition) is 0. The van der Waals surface area contributed by atoms with E-state index in [0.29, 0.717) is 18.9 Å². The van der Waals surface area contributed by atoms with Crippen molar-refractivity contribution >= 4 is 33.5 Å². The number of anilines is 1. The zero-order chi connectivity index (χ0) is 16.2. The average molecular weight is 377 g/mol. The second-order valence-electron chi connectivity index (χ2n) is 5.52. The molecule has 0 N–H and O–H groups in total. The number of aryl methyl sites for hydroxylation is 1.